The maximum Gasteiger partial charge on any atom is 0.315 e. The summed E-state index contributed by atoms with van der Waals surface area (Å²) in [5.74, 6) is 0. The van der Waals surface area contributed by atoms with E-state index >= 15 is 0 Å². The first-order valence-corrected chi connectivity index (χ1v) is 10.1. The van der Waals surface area contributed by atoms with Crippen LogP contribution in [0.5, 0.6) is 0 Å². The van der Waals surface area contributed by atoms with E-state index in [1.54, 1.807) is 11.3 Å². The number of hydrogen-bond donors (Lipinski definition) is 2. The van der Waals surface area contributed by atoms with Crippen LogP contribution < -0.4 is 10.6 Å². The van der Waals surface area contributed by atoms with Gasteiger partial charge in [-0.1, -0.05) is 18.2 Å². The van der Waals surface area contributed by atoms with Crippen LogP contribution in [-0.4, -0.2) is 43.7 Å². The molecule has 2 rings (SSSR count). The van der Waals surface area contributed by atoms with Crippen molar-refractivity contribution in [1.82, 2.24) is 15.5 Å². The molecule has 2 N–H and O–H groups in total. The molecule has 26 heavy (non-hydrogen) atoms. The Hall–Kier alpha value is -1.85. The average Bonchev–Trinajstić information content (AvgIpc) is 3.06. The molecule has 0 saturated heterocycles. The van der Waals surface area contributed by atoms with Crippen molar-refractivity contribution in [3.8, 4) is 0 Å². The molecule has 5 heteroatoms. The van der Waals surface area contributed by atoms with Crippen LogP contribution in [0.4, 0.5) is 4.79 Å². The highest BCUT2D eigenvalue weighted by Gasteiger charge is 2.16. The molecule has 0 aliphatic carbocycles. The van der Waals surface area contributed by atoms with E-state index in [2.05, 4.69) is 78.5 Å². The molecule has 2 aromatic rings. The molecule has 0 radical (unpaired) electrons. The number of aryl methyl sites for hydroxylation is 2. The van der Waals surface area contributed by atoms with Gasteiger partial charge in [-0.15, -0.1) is 0 Å². The first-order valence-electron chi connectivity index (χ1n) is 9.13. The number of amides is 2. The summed E-state index contributed by atoms with van der Waals surface area (Å²) >= 11 is 1.69. The van der Waals surface area contributed by atoms with Gasteiger partial charge in [-0.3, -0.25) is 0 Å². The first-order chi connectivity index (χ1) is 12.4. The SMILES string of the molecule is Cc1cccc(C)c1CC(CNC(=O)NC(C)Cc1ccsc1)N(C)C. The van der Waals surface area contributed by atoms with E-state index in [4.69, 9.17) is 0 Å². The van der Waals surface area contributed by atoms with Crippen molar-refractivity contribution in [3.63, 3.8) is 0 Å². The molecule has 1 heterocycles. The van der Waals surface area contributed by atoms with Crippen molar-refractivity contribution >= 4 is 17.4 Å². The molecule has 0 aliphatic rings. The Morgan fingerprint density at radius 2 is 1.85 bits per heavy atom. The molecule has 0 saturated carbocycles. The van der Waals surface area contributed by atoms with E-state index in [1.807, 2.05) is 6.92 Å². The molecule has 2 amide bonds. The highest BCUT2D eigenvalue weighted by atomic mass is 32.1. The number of carbonyl (C=O) groups is 1. The molecule has 4 nitrogen and oxygen atoms in total. The van der Waals surface area contributed by atoms with Crippen molar-refractivity contribution in [2.45, 2.75) is 45.7 Å². The highest BCUT2D eigenvalue weighted by Crippen LogP contribution is 2.16. The third kappa shape index (κ3) is 6.15. The second kappa shape index (κ2) is 9.74. The second-order valence-electron chi connectivity index (χ2n) is 7.28. The zero-order valence-corrected chi connectivity index (χ0v) is 17.3. The molecule has 2 unspecified atom stereocenters. The van der Waals surface area contributed by atoms with Crippen LogP contribution in [0.2, 0.25) is 0 Å². The molecule has 1 aromatic heterocycles. The van der Waals surface area contributed by atoms with Gasteiger partial charge in [-0.05, 0) is 86.8 Å². The van der Waals surface area contributed by atoms with E-state index in [1.165, 1.54) is 22.3 Å². The van der Waals surface area contributed by atoms with Crippen LogP contribution >= 0.6 is 11.3 Å². The van der Waals surface area contributed by atoms with Crippen LogP contribution in [0.1, 0.15) is 29.2 Å². The van der Waals surface area contributed by atoms with Crippen LogP contribution in [0.15, 0.2) is 35.0 Å². The van der Waals surface area contributed by atoms with Gasteiger partial charge < -0.3 is 15.5 Å². The van der Waals surface area contributed by atoms with Crippen molar-refractivity contribution in [2.75, 3.05) is 20.6 Å². The number of likely N-dealkylation sites (N-methyl/N-ethyl adjacent to an activating group) is 1. The Balaban J connectivity index is 1.86. The number of benzene rings is 1. The summed E-state index contributed by atoms with van der Waals surface area (Å²) in [5, 5.41) is 10.3. The minimum absolute atomic E-state index is 0.0962. The van der Waals surface area contributed by atoms with Crippen molar-refractivity contribution < 1.29 is 4.79 Å². The van der Waals surface area contributed by atoms with E-state index in [-0.39, 0.29) is 18.1 Å². The number of thiophene rings is 1. The fraction of sp³-hybridized carbons (Fsp3) is 0.476. The number of rotatable bonds is 8. The summed E-state index contributed by atoms with van der Waals surface area (Å²) in [4.78, 5) is 14.4. The quantitative estimate of drug-likeness (QED) is 0.740. The van der Waals surface area contributed by atoms with Gasteiger partial charge in [-0.25, -0.2) is 4.79 Å². The zero-order valence-electron chi connectivity index (χ0n) is 16.5. The molecule has 1 aromatic carbocycles. The van der Waals surface area contributed by atoms with Gasteiger partial charge in [0.2, 0.25) is 0 Å². The van der Waals surface area contributed by atoms with Crippen LogP contribution in [0, 0.1) is 13.8 Å². The number of urea groups is 1. The third-order valence-corrected chi connectivity index (χ3v) is 5.54. The van der Waals surface area contributed by atoms with Gasteiger partial charge in [0, 0.05) is 18.6 Å². The fourth-order valence-electron chi connectivity index (χ4n) is 3.14. The minimum Gasteiger partial charge on any atom is -0.337 e. The van der Waals surface area contributed by atoms with E-state index in [0.29, 0.717) is 6.54 Å². The maximum absolute atomic E-state index is 12.3. The van der Waals surface area contributed by atoms with Gasteiger partial charge in [0.05, 0.1) is 0 Å². The van der Waals surface area contributed by atoms with Crippen LogP contribution in [0.3, 0.4) is 0 Å². The Labute approximate surface area is 161 Å². The smallest absolute Gasteiger partial charge is 0.315 e. The fourth-order valence-corrected chi connectivity index (χ4v) is 3.82. The summed E-state index contributed by atoms with van der Waals surface area (Å²) in [6, 6.07) is 8.78. The normalized spacial score (nSPS) is 13.5. The Morgan fingerprint density at radius 1 is 1.15 bits per heavy atom. The second-order valence-corrected chi connectivity index (χ2v) is 8.06. The summed E-state index contributed by atoms with van der Waals surface area (Å²) in [5.41, 5.74) is 5.26. The summed E-state index contributed by atoms with van der Waals surface area (Å²) in [6.07, 6.45) is 1.78. The molecule has 0 fully saturated rings. The van der Waals surface area contributed by atoms with Crippen molar-refractivity contribution in [2.24, 2.45) is 0 Å². The van der Waals surface area contributed by atoms with E-state index in [0.717, 1.165) is 12.8 Å². The summed E-state index contributed by atoms with van der Waals surface area (Å²) in [6.45, 7) is 6.97. The molecular weight excluding hydrogens is 342 g/mol. The van der Waals surface area contributed by atoms with E-state index in [9.17, 15) is 4.79 Å². The zero-order chi connectivity index (χ0) is 19.1. The highest BCUT2D eigenvalue weighted by molar-refractivity contribution is 7.07. The molecule has 0 bridgehead atoms. The third-order valence-electron chi connectivity index (χ3n) is 4.81. The summed E-state index contributed by atoms with van der Waals surface area (Å²) < 4.78 is 0. The maximum atomic E-state index is 12.3. The lowest BCUT2D eigenvalue weighted by molar-refractivity contribution is 0.229. The van der Waals surface area contributed by atoms with Crippen molar-refractivity contribution in [3.05, 3.63) is 57.3 Å². The number of hydrogen-bond acceptors (Lipinski definition) is 3. The predicted molar refractivity (Wildman–Crippen MR) is 111 cm³/mol. The number of nitrogens with one attached hydrogen (secondary N) is 2. The number of carbonyl (C=O) groups excluding carboxylic acids is 1. The largest absolute Gasteiger partial charge is 0.337 e. The average molecular weight is 374 g/mol. The Kier molecular flexibility index (Phi) is 7.66. The predicted octanol–water partition coefficient (Wildman–Crippen LogP) is 3.77. The Bertz CT molecular complexity index is 677. The molecule has 0 spiro atoms. The van der Waals surface area contributed by atoms with Gasteiger partial charge in [0.15, 0.2) is 0 Å². The van der Waals surface area contributed by atoms with Gasteiger partial charge in [-0.2, -0.15) is 11.3 Å². The van der Waals surface area contributed by atoms with Gasteiger partial charge >= 0.3 is 6.03 Å². The molecule has 2 atom stereocenters. The van der Waals surface area contributed by atoms with Gasteiger partial charge in [0.1, 0.15) is 0 Å². The van der Waals surface area contributed by atoms with Crippen molar-refractivity contribution in [1.29, 1.82) is 0 Å². The standard InChI is InChI=1S/C21H31N3OS/c1-15-7-6-8-16(2)20(15)12-19(24(4)5)13-22-21(25)23-17(3)11-18-9-10-26-14-18/h6-10,14,17,19H,11-13H2,1-5H3,(H2,22,23,25). The summed E-state index contributed by atoms with van der Waals surface area (Å²) in [7, 11) is 4.13. The Morgan fingerprint density at radius 3 is 2.42 bits per heavy atom. The topological polar surface area (TPSA) is 44.4 Å². The molecule has 0 aliphatic heterocycles. The lowest BCUT2D eigenvalue weighted by atomic mass is 9.96. The molecular formula is C21H31N3OS. The monoisotopic (exact) mass is 373 g/mol. The van der Waals surface area contributed by atoms with Gasteiger partial charge in [0.25, 0.3) is 0 Å². The van der Waals surface area contributed by atoms with Crippen LogP contribution in [-0.2, 0) is 12.8 Å². The van der Waals surface area contributed by atoms with Crippen LogP contribution in [0.25, 0.3) is 0 Å². The van der Waals surface area contributed by atoms with E-state index < -0.39 is 0 Å². The first kappa shape index (κ1) is 20.5. The minimum atomic E-state index is -0.0962. The molecule has 142 valence electrons. The number of nitrogens with zero attached hydrogens (tertiary/aromatic N) is 1. The lowest BCUT2D eigenvalue weighted by Crippen LogP contribution is -2.47. The lowest BCUT2D eigenvalue weighted by Gasteiger charge is -2.26.